The van der Waals surface area contributed by atoms with Crippen LogP contribution in [0.15, 0.2) is 48.6 Å². The number of morpholine rings is 2. The Kier molecular flexibility index (Phi) is 8.18. The zero-order valence-electron chi connectivity index (χ0n) is 23.7. The van der Waals surface area contributed by atoms with E-state index in [9.17, 15) is 22.5 Å². The number of hydrogen-bond acceptors (Lipinski definition) is 6. The predicted octanol–water partition coefficient (Wildman–Crippen LogP) is 3.68. The molecule has 0 unspecified atom stereocenters. The first-order valence-electron chi connectivity index (χ1n) is 13.1. The van der Waals surface area contributed by atoms with Crippen LogP contribution in [0, 0.1) is 24.4 Å². The van der Waals surface area contributed by atoms with Crippen molar-refractivity contribution in [3.8, 4) is 11.4 Å². The van der Waals surface area contributed by atoms with Crippen LogP contribution in [0.3, 0.4) is 0 Å². The van der Waals surface area contributed by atoms with Crippen LogP contribution in [-0.4, -0.2) is 57.1 Å². The molecule has 11 nitrogen and oxygen atoms in total. The molecular formula is C28H30F3N3O8P+. The summed E-state index contributed by atoms with van der Waals surface area (Å²) in [7, 11) is -3.20. The number of imidazole rings is 1. The minimum Gasteiger partial charge on any atom is -0.492 e. The Balaban J connectivity index is 1.47. The van der Waals surface area contributed by atoms with Crippen molar-refractivity contribution in [2.24, 2.45) is 0 Å². The molecule has 1 aromatic heterocycles. The number of ether oxygens (including phenoxy) is 3. The van der Waals surface area contributed by atoms with Crippen LogP contribution < -0.4 is 9.30 Å². The van der Waals surface area contributed by atoms with E-state index in [4.69, 9.17) is 24.0 Å². The number of aromatic nitrogens is 2. The maximum atomic E-state index is 14.1. The van der Waals surface area contributed by atoms with Gasteiger partial charge in [0.1, 0.15) is 17.5 Å². The summed E-state index contributed by atoms with van der Waals surface area (Å²) in [5, 5.41) is 0. The van der Waals surface area contributed by atoms with E-state index >= 15 is 0 Å². The average molecular weight is 625 g/mol. The SMILES string of the molecule is COc1cc(C=C2OC(C)(C)[C@H]3COC[C@@H](c4cc(F)c(F)c(F)c4)N3C2=O)ccc1-[n+]1cc(C)n(COP(=O)(O)O)c1. The summed E-state index contributed by atoms with van der Waals surface area (Å²) in [6.07, 6.45) is 4.83. The molecule has 0 saturated carbocycles. The first-order chi connectivity index (χ1) is 20.2. The van der Waals surface area contributed by atoms with Crippen molar-refractivity contribution in [2.75, 3.05) is 20.3 Å². The van der Waals surface area contributed by atoms with Gasteiger partial charge in [-0.15, -0.1) is 0 Å². The average Bonchev–Trinajstić information content (AvgIpc) is 3.32. The number of phosphoric acid groups is 1. The van der Waals surface area contributed by atoms with Gasteiger partial charge >= 0.3 is 7.82 Å². The number of benzene rings is 2. The minimum atomic E-state index is -4.66. The van der Waals surface area contributed by atoms with Gasteiger partial charge in [-0.25, -0.2) is 26.8 Å². The second kappa shape index (κ2) is 11.4. The van der Waals surface area contributed by atoms with Crippen LogP contribution in [0.1, 0.15) is 36.7 Å². The third kappa shape index (κ3) is 6.20. The number of carbonyl (C=O) groups excluding carboxylic acids is 1. The standard InChI is InChI=1S/C28H29F3N3O8P/c1-16-11-32(14-33(16)15-41-43(36,37)38)21-6-5-17(7-23(21)39-4)8-24-27(35)34-22(12-40-13-25(34)28(2,3)42-24)18-9-19(29)26(31)20(30)10-18/h5-11,14,22,25H,12-13,15H2,1-4H3,(H-,36,37,38)/p+1/t22-,25+/m0/s1. The Hall–Kier alpha value is -3.68. The van der Waals surface area contributed by atoms with Crippen molar-refractivity contribution in [3.63, 3.8) is 0 Å². The van der Waals surface area contributed by atoms with Crippen LogP contribution in [0.5, 0.6) is 5.75 Å². The summed E-state index contributed by atoms with van der Waals surface area (Å²) in [4.78, 5) is 33.3. The number of nitrogens with zero attached hydrogens (tertiary/aromatic N) is 3. The molecule has 2 atom stereocenters. The molecule has 2 fully saturated rings. The zero-order chi connectivity index (χ0) is 31.3. The lowest BCUT2D eigenvalue weighted by molar-refractivity contribution is -0.596. The number of halogens is 3. The third-order valence-corrected chi connectivity index (χ3v) is 7.87. The molecule has 0 spiro atoms. The van der Waals surface area contributed by atoms with E-state index in [1.807, 2.05) is 0 Å². The van der Waals surface area contributed by atoms with Gasteiger partial charge in [0, 0.05) is 6.92 Å². The molecule has 0 radical (unpaired) electrons. The molecule has 3 aromatic rings. The molecular weight excluding hydrogens is 594 g/mol. The van der Waals surface area contributed by atoms with Crippen molar-refractivity contribution in [1.82, 2.24) is 9.47 Å². The fourth-order valence-corrected chi connectivity index (χ4v) is 5.50. The van der Waals surface area contributed by atoms with Gasteiger partial charge in [0.25, 0.3) is 12.2 Å². The molecule has 2 saturated heterocycles. The van der Waals surface area contributed by atoms with Crippen LogP contribution >= 0.6 is 7.82 Å². The Labute approximate surface area is 244 Å². The van der Waals surface area contributed by atoms with Crippen molar-refractivity contribution in [1.29, 1.82) is 0 Å². The highest BCUT2D eigenvalue weighted by Crippen LogP contribution is 2.41. The molecule has 3 heterocycles. The Morgan fingerprint density at radius 3 is 2.51 bits per heavy atom. The summed E-state index contributed by atoms with van der Waals surface area (Å²) in [5.74, 6) is -4.46. The van der Waals surface area contributed by atoms with Crippen LogP contribution in [0.25, 0.3) is 11.8 Å². The number of fused-ring (bicyclic) bond motifs is 1. The summed E-state index contributed by atoms with van der Waals surface area (Å²) >= 11 is 0. The zero-order valence-corrected chi connectivity index (χ0v) is 24.6. The predicted molar refractivity (Wildman–Crippen MR) is 144 cm³/mol. The first-order valence-corrected chi connectivity index (χ1v) is 14.6. The van der Waals surface area contributed by atoms with E-state index in [1.165, 1.54) is 22.7 Å². The van der Waals surface area contributed by atoms with Gasteiger partial charge in [-0.1, -0.05) is 6.07 Å². The van der Waals surface area contributed by atoms with E-state index in [0.29, 0.717) is 22.7 Å². The maximum absolute atomic E-state index is 14.1. The van der Waals surface area contributed by atoms with Crippen molar-refractivity contribution in [3.05, 3.63) is 82.9 Å². The van der Waals surface area contributed by atoms with Gasteiger partial charge in [-0.05, 0) is 55.3 Å². The van der Waals surface area contributed by atoms with Crippen LogP contribution in [0.4, 0.5) is 13.2 Å². The monoisotopic (exact) mass is 624 g/mol. The van der Waals surface area contributed by atoms with Gasteiger partial charge in [0.2, 0.25) is 6.73 Å². The number of methoxy groups -OCH3 is 1. The topological polar surface area (TPSA) is 124 Å². The van der Waals surface area contributed by atoms with E-state index in [1.54, 1.807) is 56.1 Å². The lowest BCUT2D eigenvalue weighted by Gasteiger charge is -2.52. The van der Waals surface area contributed by atoms with E-state index in [-0.39, 0.29) is 31.3 Å². The molecule has 43 heavy (non-hydrogen) atoms. The van der Waals surface area contributed by atoms with Gasteiger partial charge in [0.05, 0.1) is 32.4 Å². The van der Waals surface area contributed by atoms with E-state index in [0.717, 1.165) is 12.1 Å². The molecule has 2 aliphatic heterocycles. The number of rotatable bonds is 7. The molecule has 2 N–H and O–H groups in total. The number of carbonyl (C=O) groups is 1. The normalized spacial score (nSPS) is 21.1. The van der Waals surface area contributed by atoms with Crippen molar-refractivity contribution >= 4 is 19.8 Å². The van der Waals surface area contributed by atoms with E-state index in [2.05, 4.69) is 4.52 Å². The summed E-state index contributed by atoms with van der Waals surface area (Å²) in [6.45, 7) is 4.99. The highest BCUT2D eigenvalue weighted by molar-refractivity contribution is 7.46. The third-order valence-electron chi connectivity index (χ3n) is 7.42. The van der Waals surface area contributed by atoms with Crippen molar-refractivity contribution in [2.45, 2.75) is 45.2 Å². The number of aryl methyl sites for hydroxylation is 1. The smallest absolute Gasteiger partial charge is 0.472 e. The second-order valence-corrected chi connectivity index (χ2v) is 12.0. The van der Waals surface area contributed by atoms with Gasteiger partial charge in [-0.3, -0.25) is 4.79 Å². The van der Waals surface area contributed by atoms with Crippen molar-refractivity contribution < 1.29 is 55.6 Å². The largest absolute Gasteiger partial charge is 0.492 e. The molecule has 0 aliphatic carbocycles. The molecule has 2 aromatic carbocycles. The molecule has 1 amide bonds. The van der Waals surface area contributed by atoms with Gasteiger partial charge in [-0.2, -0.15) is 4.57 Å². The Bertz CT molecular complexity index is 1630. The lowest BCUT2D eigenvalue weighted by atomic mass is 9.90. The highest BCUT2D eigenvalue weighted by Gasteiger charge is 2.51. The molecule has 15 heteroatoms. The Morgan fingerprint density at radius 2 is 1.86 bits per heavy atom. The van der Waals surface area contributed by atoms with Gasteiger partial charge in [0.15, 0.2) is 34.6 Å². The fraction of sp³-hybridized carbons (Fsp3) is 0.357. The summed E-state index contributed by atoms with van der Waals surface area (Å²) in [6, 6.07) is 5.35. The summed E-state index contributed by atoms with van der Waals surface area (Å²) in [5.41, 5.74) is 0.894. The number of hydrogen-bond donors (Lipinski definition) is 2. The molecule has 0 bridgehead atoms. The minimum absolute atomic E-state index is 0.0183. The lowest BCUT2D eigenvalue weighted by Crippen LogP contribution is -2.64. The Morgan fingerprint density at radius 1 is 1.16 bits per heavy atom. The molecule has 2 aliphatic rings. The fourth-order valence-electron chi connectivity index (χ4n) is 5.23. The highest BCUT2D eigenvalue weighted by atomic mass is 31.2. The quantitative estimate of drug-likeness (QED) is 0.177. The number of phosphoric ester groups is 1. The van der Waals surface area contributed by atoms with E-state index < -0.39 is 48.9 Å². The molecule has 230 valence electrons. The van der Waals surface area contributed by atoms with Crippen LogP contribution in [-0.2, 0) is 30.1 Å². The van der Waals surface area contributed by atoms with Crippen LogP contribution in [0.2, 0.25) is 0 Å². The number of amides is 1. The summed E-state index contributed by atoms with van der Waals surface area (Å²) < 4.78 is 78.2. The van der Waals surface area contributed by atoms with Gasteiger partial charge < -0.3 is 28.9 Å². The first kappa shape index (κ1) is 30.8. The second-order valence-electron chi connectivity index (χ2n) is 10.7. The molecule has 5 rings (SSSR count). The maximum Gasteiger partial charge on any atom is 0.472 e.